The van der Waals surface area contributed by atoms with Gasteiger partial charge in [0, 0.05) is 31.8 Å². The number of hydrogen-bond acceptors (Lipinski definition) is 2. The van der Waals surface area contributed by atoms with Crippen molar-refractivity contribution in [1.82, 2.24) is 15.1 Å². The van der Waals surface area contributed by atoms with Gasteiger partial charge in [-0.25, -0.2) is 0 Å². The van der Waals surface area contributed by atoms with Gasteiger partial charge in [0.2, 0.25) is 5.91 Å². The minimum absolute atomic E-state index is 0.157. The van der Waals surface area contributed by atoms with Gasteiger partial charge in [0.05, 0.1) is 5.69 Å². The van der Waals surface area contributed by atoms with Crippen molar-refractivity contribution in [2.75, 3.05) is 6.54 Å². The number of benzene rings is 1. The highest BCUT2D eigenvalue weighted by Crippen LogP contribution is 2.24. The molecule has 134 valence electrons. The van der Waals surface area contributed by atoms with Crippen molar-refractivity contribution in [3.8, 4) is 11.3 Å². The molecular formula is C21H29N3O. The number of hydrogen-bond donors (Lipinski definition) is 1. The molecule has 4 nitrogen and oxygen atoms in total. The zero-order chi connectivity index (χ0) is 17.6. The van der Waals surface area contributed by atoms with Crippen LogP contribution in [0.25, 0.3) is 11.3 Å². The van der Waals surface area contributed by atoms with Crippen molar-refractivity contribution in [2.45, 2.75) is 51.9 Å². The van der Waals surface area contributed by atoms with Gasteiger partial charge in [-0.1, -0.05) is 49.1 Å². The third-order valence-corrected chi connectivity index (χ3v) is 5.16. The number of nitrogens with one attached hydrogen (secondary N) is 1. The summed E-state index contributed by atoms with van der Waals surface area (Å²) in [5.74, 6) is 0.837. The van der Waals surface area contributed by atoms with E-state index < -0.39 is 0 Å². The molecule has 1 saturated carbocycles. The van der Waals surface area contributed by atoms with Crippen LogP contribution in [0, 0.1) is 12.8 Å². The van der Waals surface area contributed by atoms with Crippen molar-refractivity contribution in [3.63, 3.8) is 0 Å². The van der Waals surface area contributed by atoms with E-state index in [4.69, 9.17) is 0 Å². The molecule has 0 spiro atoms. The highest BCUT2D eigenvalue weighted by molar-refractivity contribution is 5.76. The second-order valence-electron chi connectivity index (χ2n) is 7.35. The number of carbonyl (C=O) groups excluding carboxylic acids is 1. The Bertz CT molecular complexity index is 696. The van der Waals surface area contributed by atoms with Crippen LogP contribution in [0.1, 0.15) is 49.7 Å². The first-order valence-corrected chi connectivity index (χ1v) is 9.48. The van der Waals surface area contributed by atoms with E-state index in [-0.39, 0.29) is 5.91 Å². The first-order valence-electron chi connectivity index (χ1n) is 9.48. The summed E-state index contributed by atoms with van der Waals surface area (Å²) in [5.41, 5.74) is 4.48. The fourth-order valence-electron chi connectivity index (χ4n) is 3.66. The van der Waals surface area contributed by atoms with Crippen LogP contribution < -0.4 is 5.32 Å². The third-order valence-electron chi connectivity index (χ3n) is 5.16. The maximum atomic E-state index is 12.2. The zero-order valence-electron chi connectivity index (χ0n) is 15.4. The molecule has 0 radical (unpaired) electrons. The normalized spacial score (nSPS) is 15.3. The number of aryl methyl sites for hydroxylation is 3. The molecule has 4 heteroatoms. The Morgan fingerprint density at radius 2 is 1.92 bits per heavy atom. The first kappa shape index (κ1) is 17.7. The van der Waals surface area contributed by atoms with Gasteiger partial charge in [-0.05, 0) is 37.7 Å². The predicted octanol–water partition coefficient (Wildman–Crippen LogP) is 4.02. The van der Waals surface area contributed by atoms with Crippen LogP contribution in [-0.2, 0) is 18.3 Å². The Hall–Kier alpha value is -2.10. The Labute approximate surface area is 150 Å². The van der Waals surface area contributed by atoms with Crippen molar-refractivity contribution in [1.29, 1.82) is 0 Å². The Morgan fingerprint density at radius 1 is 1.20 bits per heavy atom. The van der Waals surface area contributed by atoms with Crippen molar-refractivity contribution >= 4 is 5.91 Å². The lowest BCUT2D eigenvalue weighted by Crippen LogP contribution is -2.30. The highest BCUT2D eigenvalue weighted by atomic mass is 16.1. The molecule has 0 saturated heterocycles. The van der Waals surface area contributed by atoms with Gasteiger partial charge >= 0.3 is 0 Å². The predicted molar refractivity (Wildman–Crippen MR) is 101 cm³/mol. The minimum atomic E-state index is 0.157. The molecule has 1 aromatic heterocycles. The third kappa shape index (κ3) is 4.94. The van der Waals surface area contributed by atoms with Gasteiger partial charge < -0.3 is 5.32 Å². The molecule has 0 atom stereocenters. The van der Waals surface area contributed by atoms with Gasteiger partial charge in [0.1, 0.15) is 0 Å². The minimum Gasteiger partial charge on any atom is -0.356 e. The molecule has 0 bridgehead atoms. The van der Waals surface area contributed by atoms with Gasteiger partial charge in [-0.2, -0.15) is 5.10 Å². The lowest BCUT2D eigenvalue weighted by atomic mass is 9.89. The molecule has 1 amide bonds. The number of carbonyl (C=O) groups is 1. The van der Waals surface area contributed by atoms with E-state index in [9.17, 15) is 4.79 Å². The number of nitrogens with zero attached hydrogens (tertiary/aromatic N) is 2. The van der Waals surface area contributed by atoms with E-state index in [1.165, 1.54) is 37.7 Å². The Morgan fingerprint density at radius 3 is 2.64 bits per heavy atom. The van der Waals surface area contributed by atoms with Crippen molar-refractivity contribution < 1.29 is 4.79 Å². The quantitative estimate of drug-likeness (QED) is 0.864. The second kappa shape index (κ2) is 8.32. The van der Waals surface area contributed by atoms with Crippen molar-refractivity contribution in [2.24, 2.45) is 13.0 Å². The number of aromatic nitrogens is 2. The molecule has 1 aliphatic carbocycles. The van der Waals surface area contributed by atoms with Crippen LogP contribution in [0.2, 0.25) is 0 Å². The summed E-state index contributed by atoms with van der Waals surface area (Å²) in [4.78, 5) is 12.2. The molecular weight excluding hydrogens is 310 g/mol. The van der Waals surface area contributed by atoms with E-state index in [2.05, 4.69) is 41.6 Å². The van der Waals surface area contributed by atoms with E-state index in [1.54, 1.807) is 0 Å². The van der Waals surface area contributed by atoms with E-state index in [1.807, 2.05) is 17.9 Å². The molecule has 1 aromatic carbocycles. The summed E-state index contributed by atoms with van der Waals surface area (Å²) in [5, 5.41) is 7.72. The fourth-order valence-corrected chi connectivity index (χ4v) is 3.66. The van der Waals surface area contributed by atoms with Crippen LogP contribution in [0.15, 0.2) is 30.5 Å². The van der Waals surface area contributed by atoms with Gasteiger partial charge in [-0.3, -0.25) is 9.48 Å². The smallest absolute Gasteiger partial charge is 0.220 e. The fraction of sp³-hybridized carbons (Fsp3) is 0.524. The van der Waals surface area contributed by atoms with Gasteiger partial charge in [0.15, 0.2) is 0 Å². The van der Waals surface area contributed by atoms with Gasteiger partial charge in [0.25, 0.3) is 0 Å². The summed E-state index contributed by atoms with van der Waals surface area (Å²) >= 11 is 0. The van der Waals surface area contributed by atoms with E-state index in [0.717, 1.165) is 29.8 Å². The molecule has 1 heterocycles. The maximum absolute atomic E-state index is 12.2. The summed E-state index contributed by atoms with van der Waals surface area (Å²) in [7, 11) is 1.93. The van der Waals surface area contributed by atoms with Crippen LogP contribution >= 0.6 is 0 Å². The monoisotopic (exact) mass is 339 g/mol. The average Bonchev–Trinajstić information content (AvgIpc) is 3.00. The molecule has 1 aliphatic rings. The van der Waals surface area contributed by atoms with Crippen LogP contribution in [0.3, 0.4) is 0 Å². The molecule has 1 N–H and O–H groups in total. The summed E-state index contributed by atoms with van der Waals surface area (Å²) in [6.45, 7) is 2.93. The van der Waals surface area contributed by atoms with E-state index in [0.29, 0.717) is 12.3 Å². The Kier molecular flexibility index (Phi) is 5.90. The van der Waals surface area contributed by atoms with E-state index >= 15 is 0 Å². The molecule has 0 unspecified atom stereocenters. The summed E-state index contributed by atoms with van der Waals surface area (Å²) in [6.07, 6.45) is 9.80. The molecule has 3 rings (SSSR count). The SMILES string of the molecule is Cc1ccc(-c2nn(C)cc2CCC(=O)NCC2CCCCC2)cc1. The molecule has 1 fully saturated rings. The summed E-state index contributed by atoms with van der Waals surface area (Å²) < 4.78 is 1.84. The maximum Gasteiger partial charge on any atom is 0.220 e. The number of amides is 1. The lowest BCUT2D eigenvalue weighted by Gasteiger charge is -2.21. The molecule has 0 aliphatic heterocycles. The lowest BCUT2D eigenvalue weighted by molar-refractivity contribution is -0.121. The standard InChI is InChI=1S/C21H29N3O/c1-16-8-10-18(11-9-16)21-19(15-24(2)23-21)12-13-20(25)22-14-17-6-4-3-5-7-17/h8-11,15,17H,3-7,12-14H2,1-2H3,(H,22,25). The molecule has 25 heavy (non-hydrogen) atoms. The van der Waals surface area contributed by atoms with Crippen LogP contribution in [0.4, 0.5) is 0 Å². The van der Waals surface area contributed by atoms with Crippen LogP contribution in [0.5, 0.6) is 0 Å². The molecule has 2 aromatic rings. The first-order chi connectivity index (χ1) is 12.1. The average molecular weight is 339 g/mol. The largest absolute Gasteiger partial charge is 0.356 e. The van der Waals surface area contributed by atoms with Crippen LogP contribution in [-0.4, -0.2) is 22.2 Å². The summed E-state index contributed by atoms with van der Waals surface area (Å²) in [6, 6.07) is 8.41. The number of rotatable bonds is 6. The Balaban J connectivity index is 1.55. The zero-order valence-corrected chi connectivity index (χ0v) is 15.4. The van der Waals surface area contributed by atoms with Gasteiger partial charge in [-0.15, -0.1) is 0 Å². The second-order valence-corrected chi connectivity index (χ2v) is 7.35. The van der Waals surface area contributed by atoms with Crippen molar-refractivity contribution in [3.05, 3.63) is 41.6 Å². The highest BCUT2D eigenvalue weighted by Gasteiger charge is 2.15. The topological polar surface area (TPSA) is 46.9 Å².